The minimum absolute atomic E-state index is 0.0366. The van der Waals surface area contributed by atoms with Gasteiger partial charge in [0.2, 0.25) is 5.75 Å². The van der Waals surface area contributed by atoms with E-state index in [2.05, 4.69) is 6.58 Å². The van der Waals surface area contributed by atoms with Crippen molar-refractivity contribution < 1.29 is 19.7 Å². The van der Waals surface area contributed by atoms with E-state index in [0.29, 0.717) is 11.0 Å². The molecule has 0 bridgehead atoms. The van der Waals surface area contributed by atoms with Crippen LogP contribution in [0.25, 0.3) is 16.5 Å². The van der Waals surface area contributed by atoms with E-state index in [1.54, 1.807) is 0 Å². The summed E-state index contributed by atoms with van der Waals surface area (Å²) in [6.45, 7) is 3.91. The highest BCUT2D eigenvalue weighted by Gasteiger charge is 2.20. The Kier molecular flexibility index (Phi) is 2.64. The predicted octanol–water partition coefficient (Wildman–Crippen LogP) is 3.61. The standard InChI is InChI=1S/C16H12O4/c1-9(10-5-3-2-4-6-10)15-13(18)11-7-8-12(17)14(19)16(11)20-15/h2-8,17-19H,1H2. The van der Waals surface area contributed by atoms with Gasteiger partial charge in [-0.3, -0.25) is 0 Å². The molecule has 4 heteroatoms. The van der Waals surface area contributed by atoms with Crippen molar-refractivity contribution in [1.29, 1.82) is 0 Å². The Bertz CT molecular complexity index is 800. The number of aromatic hydroxyl groups is 3. The van der Waals surface area contributed by atoms with Crippen LogP contribution in [0.4, 0.5) is 0 Å². The summed E-state index contributed by atoms with van der Waals surface area (Å²) in [5, 5.41) is 29.7. The minimum atomic E-state index is -0.398. The molecule has 1 heterocycles. The third kappa shape index (κ3) is 1.70. The Hall–Kier alpha value is -2.88. The summed E-state index contributed by atoms with van der Waals surface area (Å²) in [4.78, 5) is 0. The normalized spacial score (nSPS) is 10.8. The lowest BCUT2D eigenvalue weighted by molar-refractivity contribution is 0.399. The lowest BCUT2D eigenvalue weighted by atomic mass is 10.0. The van der Waals surface area contributed by atoms with Crippen molar-refractivity contribution in [3.05, 3.63) is 60.4 Å². The van der Waals surface area contributed by atoms with Gasteiger partial charge in [0.1, 0.15) is 0 Å². The van der Waals surface area contributed by atoms with Crippen LogP contribution in [0.2, 0.25) is 0 Å². The van der Waals surface area contributed by atoms with Gasteiger partial charge in [0, 0.05) is 5.57 Å². The van der Waals surface area contributed by atoms with Crippen LogP contribution in [0.3, 0.4) is 0 Å². The molecule has 0 unspecified atom stereocenters. The summed E-state index contributed by atoms with van der Waals surface area (Å²) >= 11 is 0. The van der Waals surface area contributed by atoms with Crippen LogP contribution < -0.4 is 0 Å². The molecule has 100 valence electrons. The first kappa shape index (κ1) is 12.2. The number of hydrogen-bond donors (Lipinski definition) is 3. The molecule has 20 heavy (non-hydrogen) atoms. The van der Waals surface area contributed by atoms with Gasteiger partial charge in [-0.05, 0) is 17.7 Å². The van der Waals surface area contributed by atoms with E-state index >= 15 is 0 Å². The van der Waals surface area contributed by atoms with Crippen molar-refractivity contribution in [2.75, 3.05) is 0 Å². The molecule has 0 radical (unpaired) electrons. The molecule has 4 nitrogen and oxygen atoms in total. The smallest absolute Gasteiger partial charge is 0.201 e. The summed E-state index contributed by atoms with van der Waals surface area (Å²) in [5.74, 6) is -0.635. The number of hydrogen-bond acceptors (Lipinski definition) is 4. The van der Waals surface area contributed by atoms with Crippen molar-refractivity contribution >= 4 is 16.5 Å². The minimum Gasteiger partial charge on any atom is -0.504 e. The number of furan rings is 1. The summed E-state index contributed by atoms with van der Waals surface area (Å²) in [5.41, 5.74) is 1.33. The van der Waals surface area contributed by atoms with Gasteiger partial charge in [-0.25, -0.2) is 0 Å². The highest BCUT2D eigenvalue weighted by atomic mass is 16.4. The molecule has 1 aromatic heterocycles. The first-order valence-electron chi connectivity index (χ1n) is 6.00. The van der Waals surface area contributed by atoms with Gasteiger partial charge in [-0.15, -0.1) is 0 Å². The number of rotatable bonds is 2. The quantitative estimate of drug-likeness (QED) is 0.621. The maximum absolute atomic E-state index is 10.2. The summed E-state index contributed by atoms with van der Waals surface area (Å²) in [6.07, 6.45) is 0. The topological polar surface area (TPSA) is 73.8 Å². The average molecular weight is 268 g/mol. The number of phenolic OH excluding ortho intramolecular Hbond substituents is 2. The first-order valence-corrected chi connectivity index (χ1v) is 6.00. The van der Waals surface area contributed by atoms with E-state index in [-0.39, 0.29) is 22.8 Å². The zero-order valence-electron chi connectivity index (χ0n) is 10.5. The Balaban J connectivity index is 2.21. The second-order valence-electron chi connectivity index (χ2n) is 4.43. The summed E-state index contributed by atoms with van der Waals surface area (Å²) < 4.78 is 5.47. The van der Waals surface area contributed by atoms with E-state index < -0.39 is 5.75 Å². The lowest BCUT2D eigenvalue weighted by Gasteiger charge is -2.02. The van der Waals surface area contributed by atoms with E-state index in [0.717, 1.165) is 5.56 Å². The average Bonchev–Trinajstić information content (AvgIpc) is 2.81. The third-order valence-electron chi connectivity index (χ3n) is 3.18. The molecule has 0 saturated heterocycles. The first-order chi connectivity index (χ1) is 9.59. The van der Waals surface area contributed by atoms with Gasteiger partial charge in [-0.1, -0.05) is 36.9 Å². The molecule has 0 amide bonds. The molecule has 0 aliphatic rings. The highest BCUT2D eigenvalue weighted by molar-refractivity contribution is 5.96. The molecular formula is C16H12O4. The summed E-state index contributed by atoms with van der Waals surface area (Å²) in [7, 11) is 0. The van der Waals surface area contributed by atoms with Crippen LogP contribution in [0, 0.1) is 0 Å². The third-order valence-corrected chi connectivity index (χ3v) is 3.18. The van der Waals surface area contributed by atoms with E-state index in [9.17, 15) is 15.3 Å². The highest BCUT2D eigenvalue weighted by Crippen LogP contribution is 2.44. The zero-order chi connectivity index (χ0) is 14.3. The molecule has 3 aromatic rings. The fraction of sp³-hybridized carbons (Fsp3) is 0. The van der Waals surface area contributed by atoms with Crippen LogP contribution >= 0.6 is 0 Å². The molecule has 0 atom stereocenters. The van der Waals surface area contributed by atoms with E-state index in [1.165, 1.54) is 12.1 Å². The van der Waals surface area contributed by atoms with Gasteiger partial charge in [-0.2, -0.15) is 0 Å². The van der Waals surface area contributed by atoms with Crippen molar-refractivity contribution in [2.24, 2.45) is 0 Å². The van der Waals surface area contributed by atoms with Crippen LogP contribution in [0.5, 0.6) is 17.2 Å². The number of fused-ring (bicyclic) bond motifs is 1. The Morgan fingerprint density at radius 1 is 0.900 bits per heavy atom. The molecular weight excluding hydrogens is 256 g/mol. The second-order valence-corrected chi connectivity index (χ2v) is 4.43. The van der Waals surface area contributed by atoms with Crippen LogP contribution in [0.15, 0.2) is 53.5 Å². The van der Waals surface area contributed by atoms with Crippen molar-refractivity contribution in [3.63, 3.8) is 0 Å². The van der Waals surface area contributed by atoms with Crippen molar-refractivity contribution in [3.8, 4) is 17.2 Å². The molecule has 0 saturated carbocycles. The van der Waals surface area contributed by atoms with E-state index in [1.807, 2.05) is 30.3 Å². The van der Waals surface area contributed by atoms with Gasteiger partial charge in [0.25, 0.3) is 0 Å². The van der Waals surface area contributed by atoms with Crippen LogP contribution in [-0.4, -0.2) is 15.3 Å². The van der Waals surface area contributed by atoms with Gasteiger partial charge in [0.15, 0.2) is 22.8 Å². The fourth-order valence-corrected chi connectivity index (χ4v) is 2.10. The van der Waals surface area contributed by atoms with Crippen molar-refractivity contribution in [2.45, 2.75) is 0 Å². The largest absolute Gasteiger partial charge is 0.504 e. The van der Waals surface area contributed by atoms with Gasteiger partial charge in [0.05, 0.1) is 5.39 Å². The molecule has 3 N–H and O–H groups in total. The Morgan fingerprint density at radius 2 is 1.60 bits per heavy atom. The summed E-state index contributed by atoms with van der Waals surface area (Å²) in [6, 6.07) is 12.0. The Morgan fingerprint density at radius 3 is 2.30 bits per heavy atom. The monoisotopic (exact) mass is 268 g/mol. The molecule has 2 aromatic carbocycles. The van der Waals surface area contributed by atoms with Crippen LogP contribution in [0.1, 0.15) is 11.3 Å². The molecule has 0 spiro atoms. The van der Waals surface area contributed by atoms with Crippen LogP contribution in [-0.2, 0) is 0 Å². The van der Waals surface area contributed by atoms with E-state index in [4.69, 9.17) is 4.42 Å². The van der Waals surface area contributed by atoms with Gasteiger partial charge >= 0.3 is 0 Å². The fourth-order valence-electron chi connectivity index (χ4n) is 2.10. The molecule has 3 rings (SSSR count). The Labute approximate surface area is 114 Å². The predicted molar refractivity (Wildman–Crippen MR) is 75.8 cm³/mol. The number of benzene rings is 2. The van der Waals surface area contributed by atoms with Gasteiger partial charge < -0.3 is 19.7 Å². The molecule has 0 aliphatic carbocycles. The lowest BCUT2D eigenvalue weighted by Crippen LogP contribution is -1.83. The maximum atomic E-state index is 10.2. The molecule has 0 fully saturated rings. The SMILES string of the molecule is C=C(c1ccccc1)c1oc2c(O)c(O)ccc2c1O. The maximum Gasteiger partial charge on any atom is 0.201 e. The second kappa shape index (κ2) is 4.35. The number of phenols is 2. The van der Waals surface area contributed by atoms with Crippen molar-refractivity contribution in [1.82, 2.24) is 0 Å². The zero-order valence-corrected chi connectivity index (χ0v) is 10.5. The molecule has 0 aliphatic heterocycles.